The fourth-order valence-electron chi connectivity index (χ4n) is 2.38. The Morgan fingerprint density at radius 1 is 1.14 bits per heavy atom. The first-order valence-corrected chi connectivity index (χ1v) is 10.6. The standard InChI is InChI=1S/C17H21BrN4O6S/c1-22-10-12(18)9-13(22)17(24)21-20-16(23)11-4-5-14(28-3)15(8-11)29(25,26)19-6-7-27-2/h4-5,8-10,19H,6-7H2,1-3H3,(H,20,23)(H,21,24). The Balaban J connectivity index is 2.16. The summed E-state index contributed by atoms with van der Waals surface area (Å²) in [4.78, 5) is 24.4. The first-order valence-electron chi connectivity index (χ1n) is 8.28. The highest BCUT2D eigenvalue weighted by atomic mass is 79.9. The van der Waals surface area contributed by atoms with E-state index in [9.17, 15) is 18.0 Å². The summed E-state index contributed by atoms with van der Waals surface area (Å²) in [6.07, 6.45) is 1.69. The van der Waals surface area contributed by atoms with Gasteiger partial charge in [0, 0.05) is 36.9 Å². The molecular formula is C17H21BrN4O6S. The molecule has 0 spiro atoms. The van der Waals surface area contributed by atoms with E-state index in [1.54, 1.807) is 23.9 Å². The van der Waals surface area contributed by atoms with Gasteiger partial charge >= 0.3 is 0 Å². The molecule has 0 saturated heterocycles. The van der Waals surface area contributed by atoms with E-state index in [1.807, 2.05) is 0 Å². The summed E-state index contributed by atoms with van der Waals surface area (Å²) in [6, 6.07) is 5.49. The zero-order valence-electron chi connectivity index (χ0n) is 16.0. The molecule has 1 heterocycles. The molecule has 0 aliphatic heterocycles. The van der Waals surface area contributed by atoms with Gasteiger partial charge in [-0.25, -0.2) is 13.1 Å². The van der Waals surface area contributed by atoms with E-state index in [2.05, 4.69) is 31.5 Å². The van der Waals surface area contributed by atoms with E-state index in [0.29, 0.717) is 10.2 Å². The van der Waals surface area contributed by atoms with Gasteiger partial charge in [-0.3, -0.25) is 20.4 Å². The number of carbonyl (C=O) groups excluding carboxylic acids is 2. The second-order valence-electron chi connectivity index (χ2n) is 5.82. The van der Waals surface area contributed by atoms with Crippen LogP contribution in [0, 0.1) is 0 Å². The number of halogens is 1. The highest BCUT2D eigenvalue weighted by Crippen LogP contribution is 2.24. The molecule has 158 valence electrons. The van der Waals surface area contributed by atoms with Crippen molar-refractivity contribution in [3.8, 4) is 5.75 Å². The summed E-state index contributed by atoms with van der Waals surface area (Å²) in [7, 11) is 0.508. The van der Waals surface area contributed by atoms with Crippen LogP contribution in [-0.4, -0.2) is 52.2 Å². The first-order chi connectivity index (χ1) is 13.7. The zero-order chi connectivity index (χ0) is 21.6. The topological polar surface area (TPSA) is 128 Å². The molecule has 2 amide bonds. The SMILES string of the molecule is COCCNS(=O)(=O)c1cc(C(=O)NNC(=O)c2cc(Br)cn2C)ccc1OC. The lowest BCUT2D eigenvalue weighted by Crippen LogP contribution is -2.42. The first kappa shape index (κ1) is 22.9. The van der Waals surface area contributed by atoms with Crippen LogP contribution in [0.15, 0.2) is 39.8 Å². The Morgan fingerprint density at radius 3 is 2.41 bits per heavy atom. The predicted octanol–water partition coefficient (Wildman–Crippen LogP) is 0.796. The second-order valence-corrected chi connectivity index (χ2v) is 8.47. The van der Waals surface area contributed by atoms with Crippen molar-refractivity contribution in [2.75, 3.05) is 27.4 Å². The van der Waals surface area contributed by atoms with Crippen LogP contribution in [0.4, 0.5) is 0 Å². The number of rotatable bonds is 8. The number of hydrazine groups is 1. The molecule has 0 aliphatic carbocycles. The Labute approximate surface area is 176 Å². The van der Waals surface area contributed by atoms with Gasteiger partial charge in [0.2, 0.25) is 10.0 Å². The van der Waals surface area contributed by atoms with Gasteiger partial charge in [0.15, 0.2) is 0 Å². The number of hydrogen-bond donors (Lipinski definition) is 3. The Kier molecular flexibility index (Phi) is 7.79. The quantitative estimate of drug-likeness (QED) is 0.372. The van der Waals surface area contributed by atoms with Crippen LogP contribution in [0.2, 0.25) is 0 Å². The molecule has 2 aromatic rings. The van der Waals surface area contributed by atoms with Crippen LogP contribution in [-0.2, 0) is 21.8 Å². The molecule has 0 saturated carbocycles. The Bertz CT molecular complexity index is 1010. The van der Waals surface area contributed by atoms with Crippen LogP contribution in [0.3, 0.4) is 0 Å². The van der Waals surface area contributed by atoms with Gasteiger partial charge in [-0.05, 0) is 40.2 Å². The Hall–Kier alpha value is -2.41. The fraction of sp³-hybridized carbons (Fsp3) is 0.294. The molecule has 1 aromatic heterocycles. The van der Waals surface area contributed by atoms with Crippen molar-refractivity contribution in [1.82, 2.24) is 20.1 Å². The van der Waals surface area contributed by atoms with E-state index in [1.165, 1.54) is 26.4 Å². The average Bonchev–Trinajstić information content (AvgIpc) is 3.03. The normalized spacial score (nSPS) is 11.2. The maximum atomic E-state index is 12.5. The van der Waals surface area contributed by atoms with E-state index < -0.39 is 21.8 Å². The van der Waals surface area contributed by atoms with Crippen molar-refractivity contribution >= 4 is 37.8 Å². The number of aryl methyl sites for hydroxylation is 1. The molecular weight excluding hydrogens is 468 g/mol. The molecule has 2 rings (SSSR count). The third-order valence-corrected chi connectivity index (χ3v) is 5.72. The molecule has 1 aromatic carbocycles. The maximum absolute atomic E-state index is 12.5. The number of carbonyl (C=O) groups is 2. The number of methoxy groups -OCH3 is 2. The van der Waals surface area contributed by atoms with Crippen molar-refractivity contribution in [2.24, 2.45) is 7.05 Å². The summed E-state index contributed by atoms with van der Waals surface area (Å²) in [5.74, 6) is -1.15. The smallest absolute Gasteiger partial charge is 0.286 e. The molecule has 0 unspecified atom stereocenters. The van der Waals surface area contributed by atoms with Gasteiger partial charge in [0.25, 0.3) is 11.8 Å². The van der Waals surface area contributed by atoms with Crippen molar-refractivity contribution in [1.29, 1.82) is 0 Å². The second kappa shape index (κ2) is 9.87. The third kappa shape index (κ3) is 5.79. The van der Waals surface area contributed by atoms with Gasteiger partial charge in [-0.15, -0.1) is 0 Å². The summed E-state index contributed by atoms with van der Waals surface area (Å²) >= 11 is 3.26. The van der Waals surface area contributed by atoms with E-state index in [-0.39, 0.29) is 29.4 Å². The molecule has 0 bridgehead atoms. The van der Waals surface area contributed by atoms with E-state index in [4.69, 9.17) is 9.47 Å². The molecule has 3 N–H and O–H groups in total. The lowest BCUT2D eigenvalue weighted by Gasteiger charge is -2.13. The summed E-state index contributed by atoms with van der Waals surface area (Å²) in [6.45, 7) is 0.240. The molecule has 0 radical (unpaired) electrons. The minimum atomic E-state index is -3.94. The van der Waals surface area contributed by atoms with E-state index >= 15 is 0 Å². The highest BCUT2D eigenvalue weighted by molar-refractivity contribution is 9.10. The monoisotopic (exact) mass is 488 g/mol. The number of sulfonamides is 1. The lowest BCUT2D eigenvalue weighted by molar-refractivity contribution is 0.0842. The van der Waals surface area contributed by atoms with Crippen LogP contribution in [0.5, 0.6) is 5.75 Å². The van der Waals surface area contributed by atoms with Gasteiger partial charge in [-0.1, -0.05) is 0 Å². The summed E-state index contributed by atoms with van der Waals surface area (Å²) in [5, 5.41) is 0. The minimum absolute atomic E-state index is 0.0197. The lowest BCUT2D eigenvalue weighted by atomic mass is 10.2. The van der Waals surface area contributed by atoms with Gasteiger partial charge in [0.05, 0.1) is 13.7 Å². The van der Waals surface area contributed by atoms with Crippen molar-refractivity contribution in [2.45, 2.75) is 4.90 Å². The van der Waals surface area contributed by atoms with Crippen LogP contribution in [0.25, 0.3) is 0 Å². The molecule has 10 nitrogen and oxygen atoms in total. The number of hydrogen-bond acceptors (Lipinski definition) is 6. The predicted molar refractivity (Wildman–Crippen MR) is 108 cm³/mol. The number of benzene rings is 1. The summed E-state index contributed by atoms with van der Waals surface area (Å²) in [5.41, 5.74) is 4.88. The fourth-order valence-corrected chi connectivity index (χ4v) is 4.11. The highest BCUT2D eigenvalue weighted by Gasteiger charge is 2.22. The van der Waals surface area contributed by atoms with Crippen molar-refractivity contribution in [3.63, 3.8) is 0 Å². The van der Waals surface area contributed by atoms with Crippen LogP contribution >= 0.6 is 15.9 Å². The molecule has 0 aliphatic rings. The van der Waals surface area contributed by atoms with Gasteiger partial charge in [0.1, 0.15) is 16.3 Å². The average molecular weight is 489 g/mol. The molecule has 29 heavy (non-hydrogen) atoms. The van der Waals surface area contributed by atoms with Gasteiger partial charge in [-0.2, -0.15) is 0 Å². The van der Waals surface area contributed by atoms with Crippen molar-refractivity contribution in [3.05, 3.63) is 46.2 Å². The van der Waals surface area contributed by atoms with Crippen LogP contribution < -0.4 is 20.3 Å². The maximum Gasteiger partial charge on any atom is 0.286 e. The summed E-state index contributed by atoms with van der Waals surface area (Å²) < 4.78 is 39.5. The zero-order valence-corrected chi connectivity index (χ0v) is 18.4. The Morgan fingerprint density at radius 2 is 1.83 bits per heavy atom. The number of nitrogens with zero attached hydrogens (tertiary/aromatic N) is 1. The molecule has 12 heteroatoms. The number of ether oxygens (including phenoxy) is 2. The van der Waals surface area contributed by atoms with Crippen molar-refractivity contribution < 1.29 is 27.5 Å². The number of aromatic nitrogens is 1. The number of amides is 2. The van der Waals surface area contributed by atoms with Crippen LogP contribution in [0.1, 0.15) is 20.8 Å². The van der Waals surface area contributed by atoms with Gasteiger partial charge < -0.3 is 14.0 Å². The molecule has 0 atom stereocenters. The number of nitrogens with one attached hydrogen (secondary N) is 3. The third-order valence-electron chi connectivity index (χ3n) is 3.81. The minimum Gasteiger partial charge on any atom is -0.495 e. The molecule has 0 fully saturated rings. The van der Waals surface area contributed by atoms with E-state index in [0.717, 1.165) is 6.07 Å². The largest absolute Gasteiger partial charge is 0.495 e.